The van der Waals surface area contributed by atoms with Crippen molar-refractivity contribution in [2.75, 3.05) is 19.4 Å². The van der Waals surface area contributed by atoms with Crippen LogP contribution >= 0.6 is 11.3 Å². The molecule has 2 aromatic carbocycles. The molecule has 0 radical (unpaired) electrons. The number of hydrogen-bond donors (Lipinski definition) is 1. The monoisotopic (exact) mass is 401 g/mol. The van der Waals surface area contributed by atoms with Crippen molar-refractivity contribution in [2.45, 2.75) is 11.8 Å². The Labute approximate surface area is 162 Å². The molecular formula is C19H19N3O3S2. The van der Waals surface area contributed by atoms with Gasteiger partial charge >= 0.3 is 0 Å². The number of anilines is 1. The van der Waals surface area contributed by atoms with E-state index in [0.717, 1.165) is 20.4 Å². The molecule has 1 heterocycles. The van der Waals surface area contributed by atoms with Gasteiger partial charge in [-0.15, -0.1) is 11.3 Å². The standard InChI is InChI=1S/C19H19N3O3S2/c1-13-17(14-8-5-4-6-9-14)20-19(26-13)21-18(23)15-10-7-11-16(12-15)27(24,25)22(2)3/h4-12H,1-3H3,(H,20,21,23). The molecule has 1 amide bonds. The number of aromatic nitrogens is 1. The lowest BCUT2D eigenvalue weighted by molar-refractivity contribution is 0.102. The molecule has 0 spiro atoms. The van der Waals surface area contributed by atoms with Crippen LogP contribution in [0.3, 0.4) is 0 Å². The molecule has 0 aliphatic heterocycles. The van der Waals surface area contributed by atoms with Gasteiger partial charge in [0.15, 0.2) is 5.13 Å². The van der Waals surface area contributed by atoms with E-state index in [1.54, 1.807) is 12.1 Å². The largest absolute Gasteiger partial charge is 0.298 e. The van der Waals surface area contributed by atoms with Crippen LogP contribution in [0.1, 0.15) is 15.2 Å². The molecule has 0 aliphatic rings. The molecule has 0 unspecified atom stereocenters. The van der Waals surface area contributed by atoms with Gasteiger partial charge in [-0.25, -0.2) is 17.7 Å². The molecule has 8 heteroatoms. The van der Waals surface area contributed by atoms with Crippen LogP contribution < -0.4 is 5.32 Å². The Morgan fingerprint density at radius 3 is 2.44 bits per heavy atom. The van der Waals surface area contributed by atoms with Crippen molar-refractivity contribution < 1.29 is 13.2 Å². The number of benzene rings is 2. The SMILES string of the molecule is Cc1sc(NC(=O)c2cccc(S(=O)(=O)N(C)C)c2)nc1-c1ccccc1. The summed E-state index contributed by atoms with van der Waals surface area (Å²) in [6.45, 7) is 1.94. The van der Waals surface area contributed by atoms with E-state index >= 15 is 0 Å². The van der Waals surface area contributed by atoms with E-state index in [0.29, 0.717) is 5.13 Å². The summed E-state index contributed by atoms with van der Waals surface area (Å²) in [5, 5.41) is 3.23. The van der Waals surface area contributed by atoms with Crippen molar-refractivity contribution in [2.24, 2.45) is 0 Å². The van der Waals surface area contributed by atoms with Gasteiger partial charge in [0.1, 0.15) is 0 Å². The van der Waals surface area contributed by atoms with E-state index in [1.807, 2.05) is 37.3 Å². The van der Waals surface area contributed by atoms with E-state index in [4.69, 9.17) is 0 Å². The molecule has 0 bridgehead atoms. The van der Waals surface area contributed by atoms with Crippen molar-refractivity contribution in [3.63, 3.8) is 0 Å². The Morgan fingerprint density at radius 2 is 1.78 bits per heavy atom. The van der Waals surface area contributed by atoms with Gasteiger partial charge in [-0.05, 0) is 25.1 Å². The number of aryl methyl sites for hydroxylation is 1. The minimum Gasteiger partial charge on any atom is -0.298 e. The zero-order chi connectivity index (χ0) is 19.6. The van der Waals surface area contributed by atoms with Crippen LogP contribution in [-0.2, 0) is 10.0 Å². The molecular weight excluding hydrogens is 382 g/mol. The third-order valence-corrected chi connectivity index (χ3v) is 6.64. The average molecular weight is 402 g/mol. The zero-order valence-corrected chi connectivity index (χ0v) is 16.8. The summed E-state index contributed by atoms with van der Waals surface area (Å²) in [6, 6.07) is 15.7. The van der Waals surface area contributed by atoms with Crippen molar-refractivity contribution in [3.05, 3.63) is 65.0 Å². The van der Waals surface area contributed by atoms with Crippen LogP contribution in [0.2, 0.25) is 0 Å². The van der Waals surface area contributed by atoms with Crippen LogP contribution in [0.15, 0.2) is 59.5 Å². The molecule has 0 saturated carbocycles. The Hall–Kier alpha value is -2.55. The molecule has 1 aromatic heterocycles. The van der Waals surface area contributed by atoms with Crippen molar-refractivity contribution in [1.29, 1.82) is 0 Å². The zero-order valence-electron chi connectivity index (χ0n) is 15.1. The first-order chi connectivity index (χ1) is 12.8. The van der Waals surface area contributed by atoms with Crippen molar-refractivity contribution in [3.8, 4) is 11.3 Å². The molecule has 3 rings (SSSR count). The number of sulfonamides is 1. The minimum atomic E-state index is -3.60. The number of hydrogen-bond acceptors (Lipinski definition) is 5. The number of rotatable bonds is 5. The van der Waals surface area contributed by atoms with Crippen LogP contribution in [0.5, 0.6) is 0 Å². The Kier molecular flexibility index (Phi) is 5.41. The summed E-state index contributed by atoms with van der Waals surface area (Å²) in [5.74, 6) is -0.404. The topological polar surface area (TPSA) is 79.4 Å². The fourth-order valence-corrected chi connectivity index (χ4v) is 4.27. The number of nitrogens with one attached hydrogen (secondary N) is 1. The van der Waals surface area contributed by atoms with E-state index in [9.17, 15) is 13.2 Å². The van der Waals surface area contributed by atoms with Crippen molar-refractivity contribution in [1.82, 2.24) is 9.29 Å². The minimum absolute atomic E-state index is 0.0699. The van der Waals surface area contributed by atoms with Crippen LogP contribution in [0.25, 0.3) is 11.3 Å². The molecule has 1 N–H and O–H groups in total. The first-order valence-electron chi connectivity index (χ1n) is 8.16. The fourth-order valence-electron chi connectivity index (χ4n) is 2.49. The molecule has 0 fully saturated rings. The lowest BCUT2D eigenvalue weighted by Crippen LogP contribution is -2.22. The Bertz CT molecular complexity index is 1070. The predicted octanol–water partition coefficient (Wildman–Crippen LogP) is 3.62. The molecule has 0 atom stereocenters. The maximum atomic E-state index is 12.6. The smallest absolute Gasteiger partial charge is 0.257 e. The van der Waals surface area contributed by atoms with Crippen LogP contribution in [-0.4, -0.2) is 37.7 Å². The molecule has 0 aliphatic carbocycles. The molecule has 3 aromatic rings. The van der Waals surface area contributed by atoms with Gasteiger partial charge < -0.3 is 0 Å². The number of carbonyl (C=O) groups is 1. The molecule has 0 saturated heterocycles. The first-order valence-corrected chi connectivity index (χ1v) is 10.4. The maximum Gasteiger partial charge on any atom is 0.257 e. The van der Waals surface area contributed by atoms with E-state index in [1.165, 1.54) is 37.6 Å². The average Bonchev–Trinajstić information content (AvgIpc) is 3.02. The van der Waals surface area contributed by atoms with Gasteiger partial charge in [-0.3, -0.25) is 10.1 Å². The third kappa shape index (κ3) is 4.08. The van der Waals surface area contributed by atoms with Gasteiger partial charge in [0, 0.05) is 30.1 Å². The van der Waals surface area contributed by atoms with Gasteiger partial charge in [-0.2, -0.15) is 0 Å². The summed E-state index contributed by atoms with van der Waals surface area (Å²) in [6.07, 6.45) is 0. The van der Waals surface area contributed by atoms with Crippen LogP contribution in [0.4, 0.5) is 5.13 Å². The number of amides is 1. The summed E-state index contributed by atoms with van der Waals surface area (Å²) >= 11 is 1.38. The second kappa shape index (κ2) is 7.59. The molecule has 6 nitrogen and oxygen atoms in total. The second-order valence-corrected chi connectivity index (χ2v) is 9.41. The highest BCUT2D eigenvalue weighted by atomic mass is 32.2. The number of thiazole rings is 1. The molecule has 27 heavy (non-hydrogen) atoms. The molecule has 140 valence electrons. The lowest BCUT2D eigenvalue weighted by atomic mass is 10.1. The third-order valence-electron chi connectivity index (χ3n) is 3.94. The van der Waals surface area contributed by atoms with Gasteiger partial charge in [0.25, 0.3) is 5.91 Å². The normalized spacial score (nSPS) is 11.6. The Morgan fingerprint density at radius 1 is 1.07 bits per heavy atom. The number of carbonyl (C=O) groups excluding carboxylic acids is 1. The highest BCUT2D eigenvalue weighted by Crippen LogP contribution is 2.30. The summed E-state index contributed by atoms with van der Waals surface area (Å²) < 4.78 is 25.6. The summed E-state index contributed by atoms with van der Waals surface area (Å²) in [7, 11) is -0.704. The summed E-state index contributed by atoms with van der Waals surface area (Å²) in [5.41, 5.74) is 2.05. The first kappa shape index (κ1) is 19.2. The van der Waals surface area contributed by atoms with Crippen molar-refractivity contribution >= 4 is 32.4 Å². The van der Waals surface area contributed by atoms with Gasteiger partial charge in [-0.1, -0.05) is 36.4 Å². The van der Waals surface area contributed by atoms with E-state index < -0.39 is 15.9 Å². The van der Waals surface area contributed by atoms with Gasteiger partial charge in [0.05, 0.1) is 10.6 Å². The Balaban J connectivity index is 1.85. The quantitative estimate of drug-likeness (QED) is 0.708. The van der Waals surface area contributed by atoms with Gasteiger partial charge in [0.2, 0.25) is 10.0 Å². The fraction of sp³-hybridized carbons (Fsp3) is 0.158. The van der Waals surface area contributed by atoms with E-state index in [2.05, 4.69) is 10.3 Å². The lowest BCUT2D eigenvalue weighted by Gasteiger charge is -2.12. The van der Waals surface area contributed by atoms with Crippen LogP contribution in [0, 0.1) is 6.92 Å². The highest BCUT2D eigenvalue weighted by molar-refractivity contribution is 7.89. The summed E-state index contributed by atoms with van der Waals surface area (Å²) in [4.78, 5) is 18.1. The van der Waals surface area contributed by atoms with E-state index in [-0.39, 0.29) is 10.5 Å². The maximum absolute atomic E-state index is 12.6. The highest BCUT2D eigenvalue weighted by Gasteiger charge is 2.19. The predicted molar refractivity (Wildman–Crippen MR) is 108 cm³/mol. The number of nitrogens with zero attached hydrogens (tertiary/aromatic N) is 2. The second-order valence-electron chi connectivity index (χ2n) is 6.06.